The molecule has 2 aromatic rings. The standard InChI is InChI=1S/C14H16ClNO2/c1-9(2)17-13-7-5-4-6-11(13)14-16-12(8-15)10(3)18-14/h4-7,9H,8H2,1-3H3. The van der Waals surface area contributed by atoms with Crippen molar-refractivity contribution in [3.63, 3.8) is 0 Å². The van der Waals surface area contributed by atoms with Crippen molar-refractivity contribution in [1.82, 2.24) is 4.98 Å². The molecule has 1 heterocycles. The van der Waals surface area contributed by atoms with Gasteiger partial charge in [0.15, 0.2) is 0 Å². The molecule has 0 N–H and O–H groups in total. The molecule has 4 heteroatoms. The molecule has 3 nitrogen and oxygen atoms in total. The smallest absolute Gasteiger partial charge is 0.230 e. The Labute approximate surface area is 112 Å². The molecule has 0 aliphatic heterocycles. The Bertz CT molecular complexity index is 534. The van der Waals surface area contributed by atoms with Crippen LogP contribution in [0.15, 0.2) is 28.7 Å². The van der Waals surface area contributed by atoms with E-state index in [9.17, 15) is 0 Å². The van der Waals surface area contributed by atoms with Crippen molar-refractivity contribution < 1.29 is 9.15 Å². The first-order chi connectivity index (χ1) is 8.61. The summed E-state index contributed by atoms with van der Waals surface area (Å²) in [4.78, 5) is 4.39. The van der Waals surface area contributed by atoms with E-state index in [1.165, 1.54) is 0 Å². The van der Waals surface area contributed by atoms with Crippen LogP contribution < -0.4 is 4.74 Å². The van der Waals surface area contributed by atoms with E-state index >= 15 is 0 Å². The van der Waals surface area contributed by atoms with E-state index in [0.29, 0.717) is 11.8 Å². The second-order valence-corrected chi connectivity index (χ2v) is 4.59. The van der Waals surface area contributed by atoms with E-state index < -0.39 is 0 Å². The molecule has 1 aromatic heterocycles. The molecule has 0 aliphatic carbocycles. The van der Waals surface area contributed by atoms with Crippen LogP contribution >= 0.6 is 11.6 Å². The maximum Gasteiger partial charge on any atom is 0.230 e. The number of halogens is 1. The molecule has 0 amide bonds. The van der Waals surface area contributed by atoms with Gasteiger partial charge in [-0.25, -0.2) is 4.98 Å². The minimum Gasteiger partial charge on any atom is -0.490 e. The molecule has 0 fully saturated rings. The number of ether oxygens (including phenoxy) is 1. The zero-order chi connectivity index (χ0) is 13.1. The van der Waals surface area contributed by atoms with E-state index in [0.717, 1.165) is 22.8 Å². The van der Waals surface area contributed by atoms with Gasteiger partial charge in [0, 0.05) is 0 Å². The zero-order valence-electron chi connectivity index (χ0n) is 10.7. The molecule has 18 heavy (non-hydrogen) atoms. The number of aryl methyl sites for hydroxylation is 1. The van der Waals surface area contributed by atoms with Crippen molar-refractivity contribution in [3.8, 4) is 17.2 Å². The van der Waals surface area contributed by atoms with Gasteiger partial charge in [-0.1, -0.05) is 12.1 Å². The number of benzene rings is 1. The molecule has 0 saturated carbocycles. The Kier molecular flexibility index (Phi) is 3.92. The Morgan fingerprint density at radius 1 is 1.33 bits per heavy atom. The predicted molar refractivity (Wildman–Crippen MR) is 72.0 cm³/mol. The van der Waals surface area contributed by atoms with Crippen molar-refractivity contribution in [3.05, 3.63) is 35.7 Å². The van der Waals surface area contributed by atoms with Gasteiger partial charge in [0.05, 0.1) is 23.2 Å². The van der Waals surface area contributed by atoms with Gasteiger partial charge in [0.25, 0.3) is 0 Å². The van der Waals surface area contributed by atoms with Crippen LogP contribution in [0.25, 0.3) is 11.5 Å². The molecule has 96 valence electrons. The molecular weight excluding hydrogens is 250 g/mol. The quantitative estimate of drug-likeness (QED) is 0.778. The highest BCUT2D eigenvalue weighted by Gasteiger charge is 2.15. The van der Waals surface area contributed by atoms with Gasteiger partial charge in [-0.3, -0.25) is 0 Å². The second kappa shape index (κ2) is 5.44. The zero-order valence-corrected chi connectivity index (χ0v) is 11.5. The average Bonchev–Trinajstić information content (AvgIpc) is 2.70. The minimum absolute atomic E-state index is 0.106. The van der Waals surface area contributed by atoms with Crippen molar-refractivity contribution in [1.29, 1.82) is 0 Å². The third kappa shape index (κ3) is 2.67. The van der Waals surface area contributed by atoms with Crippen LogP contribution in [-0.2, 0) is 5.88 Å². The van der Waals surface area contributed by atoms with Crippen LogP contribution in [0.1, 0.15) is 25.3 Å². The summed E-state index contributed by atoms with van der Waals surface area (Å²) in [5.74, 6) is 2.43. The molecule has 0 aliphatic rings. The van der Waals surface area contributed by atoms with Crippen LogP contribution in [-0.4, -0.2) is 11.1 Å². The average molecular weight is 266 g/mol. The summed E-state index contributed by atoms with van der Waals surface area (Å²) in [5.41, 5.74) is 1.62. The van der Waals surface area contributed by atoms with Gasteiger partial charge in [0.1, 0.15) is 11.5 Å². The highest BCUT2D eigenvalue weighted by molar-refractivity contribution is 6.17. The number of hydrogen-bond acceptors (Lipinski definition) is 3. The molecule has 0 spiro atoms. The molecular formula is C14H16ClNO2. The van der Waals surface area contributed by atoms with E-state index in [1.54, 1.807) is 0 Å². The first kappa shape index (κ1) is 13.0. The fraction of sp³-hybridized carbons (Fsp3) is 0.357. The van der Waals surface area contributed by atoms with Crippen molar-refractivity contribution in [2.45, 2.75) is 32.8 Å². The van der Waals surface area contributed by atoms with Crippen LogP contribution in [0.3, 0.4) is 0 Å². The summed E-state index contributed by atoms with van der Waals surface area (Å²) < 4.78 is 11.4. The summed E-state index contributed by atoms with van der Waals surface area (Å²) in [7, 11) is 0. The molecule has 0 radical (unpaired) electrons. The first-order valence-electron chi connectivity index (χ1n) is 5.90. The SMILES string of the molecule is Cc1oc(-c2ccccc2OC(C)C)nc1CCl. The van der Waals surface area contributed by atoms with Crippen molar-refractivity contribution >= 4 is 11.6 Å². The van der Waals surface area contributed by atoms with Gasteiger partial charge in [-0.2, -0.15) is 0 Å². The summed E-state index contributed by atoms with van der Waals surface area (Å²) >= 11 is 5.80. The Hall–Kier alpha value is -1.48. The van der Waals surface area contributed by atoms with E-state index in [4.69, 9.17) is 20.8 Å². The highest BCUT2D eigenvalue weighted by Crippen LogP contribution is 2.31. The van der Waals surface area contributed by atoms with Crippen LogP contribution in [0, 0.1) is 6.92 Å². The van der Waals surface area contributed by atoms with E-state index in [-0.39, 0.29) is 6.10 Å². The molecule has 2 rings (SSSR count). The van der Waals surface area contributed by atoms with Gasteiger partial charge >= 0.3 is 0 Å². The lowest BCUT2D eigenvalue weighted by atomic mass is 10.2. The Morgan fingerprint density at radius 3 is 2.67 bits per heavy atom. The number of oxazole rings is 1. The first-order valence-corrected chi connectivity index (χ1v) is 6.43. The topological polar surface area (TPSA) is 35.3 Å². The molecule has 1 aromatic carbocycles. The summed E-state index contributed by atoms with van der Waals surface area (Å²) in [6.45, 7) is 5.84. The normalized spacial score (nSPS) is 10.9. The van der Waals surface area contributed by atoms with E-state index in [1.807, 2.05) is 45.0 Å². The third-order valence-electron chi connectivity index (χ3n) is 2.50. The van der Waals surface area contributed by atoms with Crippen LogP contribution in [0.5, 0.6) is 5.75 Å². The molecule has 0 saturated heterocycles. The second-order valence-electron chi connectivity index (χ2n) is 4.32. The third-order valence-corrected chi connectivity index (χ3v) is 2.75. The summed E-state index contributed by atoms with van der Waals surface area (Å²) in [6.07, 6.45) is 0.106. The summed E-state index contributed by atoms with van der Waals surface area (Å²) in [5, 5.41) is 0. The number of aromatic nitrogens is 1. The van der Waals surface area contributed by atoms with Crippen LogP contribution in [0.4, 0.5) is 0 Å². The monoisotopic (exact) mass is 265 g/mol. The number of para-hydroxylation sites is 1. The molecule has 0 bridgehead atoms. The number of alkyl halides is 1. The van der Waals surface area contributed by atoms with Crippen molar-refractivity contribution in [2.75, 3.05) is 0 Å². The largest absolute Gasteiger partial charge is 0.490 e. The molecule has 0 atom stereocenters. The molecule has 0 unspecified atom stereocenters. The number of nitrogens with zero attached hydrogens (tertiary/aromatic N) is 1. The van der Waals surface area contributed by atoms with Gasteiger partial charge in [-0.15, -0.1) is 11.6 Å². The fourth-order valence-electron chi connectivity index (χ4n) is 1.67. The highest BCUT2D eigenvalue weighted by atomic mass is 35.5. The minimum atomic E-state index is 0.106. The fourth-order valence-corrected chi connectivity index (χ4v) is 1.92. The lowest BCUT2D eigenvalue weighted by Gasteiger charge is -2.12. The Morgan fingerprint density at radius 2 is 2.06 bits per heavy atom. The lowest BCUT2D eigenvalue weighted by Crippen LogP contribution is -2.06. The van der Waals surface area contributed by atoms with Gasteiger partial charge in [0.2, 0.25) is 5.89 Å². The Balaban J connectivity index is 2.42. The predicted octanol–water partition coefficient (Wildman–Crippen LogP) is 4.18. The summed E-state index contributed by atoms with van der Waals surface area (Å²) in [6, 6.07) is 7.71. The van der Waals surface area contributed by atoms with Crippen LogP contribution in [0.2, 0.25) is 0 Å². The van der Waals surface area contributed by atoms with Gasteiger partial charge in [-0.05, 0) is 32.9 Å². The van der Waals surface area contributed by atoms with Gasteiger partial charge < -0.3 is 9.15 Å². The number of rotatable bonds is 4. The number of hydrogen-bond donors (Lipinski definition) is 0. The maximum absolute atomic E-state index is 5.80. The van der Waals surface area contributed by atoms with Crippen molar-refractivity contribution in [2.24, 2.45) is 0 Å². The van der Waals surface area contributed by atoms with E-state index in [2.05, 4.69) is 4.98 Å². The lowest BCUT2D eigenvalue weighted by molar-refractivity contribution is 0.243. The maximum atomic E-state index is 5.80.